The molecule has 0 spiro atoms. The number of hydrogen-bond acceptors (Lipinski definition) is 1. The Labute approximate surface area is 125 Å². The minimum absolute atomic E-state index is 0. The molecule has 0 saturated carbocycles. The van der Waals surface area contributed by atoms with Crippen molar-refractivity contribution in [3.63, 3.8) is 0 Å². The standard InChI is InChI=1S/C13H18ClNO.HI/c1-9(15-13(2,3)4)12(16)10-6-5-7-11(14)8-10;/h5-9,15H,1-4H3;1H/t9-;/m1./s1. The van der Waals surface area contributed by atoms with E-state index in [4.69, 9.17) is 11.6 Å². The van der Waals surface area contributed by atoms with E-state index in [1.54, 1.807) is 24.3 Å². The largest absolute Gasteiger partial charge is 1.00 e. The Morgan fingerprint density at radius 2 is 1.94 bits per heavy atom. The molecule has 0 saturated heterocycles. The number of quaternary nitrogens is 1. The number of rotatable bonds is 3. The summed E-state index contributed by atoms with van der Waals surface area (Å²) < 4.78 is 0. The summed E-state index contributed by atoms with van der Waals surface area (Å²) in [5.74, 6) is 0.123. The summed E-state index contributed by atoms with van der Waals surface area (Å²) in [7, 11) is 0. The third-order valence-corrected chi connectivity index (χ3v) is 2.51. The van der Waals surface area contributed by atoms with Crippen LogP contribution in [-0.2, 0) is 0 Å². The Kier molecular flexibility index (Phi) is 6.66. The van der Waals surface area contributed by atoms with Gasteiger partial charge in [0.1, 0.15) is 6.04 Å². The average molecular weight is 368 g/mol. The van der Waals surface area contributed by atoms with Gasteiger partial charge in [-0.25, -0.2) is 0 Å². The number of hydrogen-bond donors (Lipinski definition) is 1. The van der Waals surface area contributed by atoms with Crippen molar-refractivity contribution in [1.29, 1.82) is 0 Å². The highest BCUT2D eigenvalue weighted by atomic mass is 127. The summed E-state index contributed by atoms with van der Waals surface area (Å²) in [6, 6.07) is 7.02. The number of benzene rings is 1. The fourth-order valence-electron chi connectivity index (χ4n) is 1.73. The zero-order valence-corrected chi connectivity index (χ0v) is 13.5. The van der Waals surface area contributed by atoms with E-state index < -0.39 is 0 Å². The molecule has 17 heavy (non-hydrogen) atoms. The third-order valence-electron chi connectivity index (χ3n) is 2.27. The zero-order chi connectivity index (χ0) is 12.3. The van der Waals surface area contributed by atoms with Gasteiger partial charge in [0.05, 0.1) is 5.54 Å². The normalized spacial score (nSPS) is 12.8. The lowest BCUT2D eigenvalue weighted by Gasteiger charge is -2.21. The van der Waals surface area contributed by atoms with Crippen LogP contribution < -0.4 is 29.3 Å². The van der Waals surface area contributed by atoms with Crippen LogP contribution in [0.4, 0.5) is 0 Å². The molecule has 1 aromatic carbocycles. The van der Waals surface area contributed by atoms with Gasteiger partial charge >= 0.3 is 0 Å². The van der Waals surface area contributed by atoms with Crippen molar-refractivity contribution >= 4 is 17.4 Å². The SMILES string of the molecule is C[C@@H]([NH2+]C(C)(C)C)C(=O)c1cccc(Cl)c1.[I-]. The molecule has 0 radical (unpaired) electrons. The zero-order valence-electron chi connectivity index (χ0n) is 10.6. The number of Topliss-reactive ketones (excluding diaryl/α,β-unsaturated/α-hetero) is 1. The molecule has 0 heterocycles. The highest BCUT2D eigenvalue weighted by molar-refractivity contribution is 6.31. The third kappa shape index (κ3) is 5.84. The van der Waals surface area contributed by atoms with E-state index in [1.165, 1.54) is 0 Å². The Balaban J connectivity index is 0.00000256. The molecule has 1 rings (SSSR count). The number of carbonyl (C=O) groups is 1. The van der Waals surface area contributed by atoms with Crippen LogP contribution >= 0.6 is 11.6 Å². The van der Waals surface area contributed by atoms with Gasteiger partial charge in [0.25, 0.3) is 0 Å². The number of nitrogens with two attached hydrogens (primary N) is 1. The van der Waals surface area contributed by atoms with E-state index in [9.17, 15) is 4.79 Å². The van der Waals surface area contributed by atoms with Crippen LogP contribution in [0.15, 0.2) is 24.3 Å². The molecule has 0 fully saturated rings. The summed E-state index contributed by atoms with van der Waals surface area (Å²) in [6.45, 7) is 8.20. The van der Waals surface area contributed by atoms with Crippen LogP contribution in [0.1, 0.15) is 38.1 Å². The molecule has 0 aliphatic carbocycles. The average Bonchev–Trinajstić information content (AvgIpc) is 2.14. The van der Waals surface area contributed by atoms with Crippen LogP contribution in [0.3, 0.4) is 0 Å². The van der Waals surface area contributed by atoms with Gasteiger partial charge in [-0.1, -0.05) is 23.7 Å². The second kappa shape index (κ2) is 6.71. The second-order valence-electron chi connectivity index (χ2n) is 5.20. The van der Waals surface area contributed by atoms with Crippen LogP contribution in [0.5, 0.6) is 0 Å². The maximum Gasteiger partial charge on any atom is 0.219 e. The molecule has 0 bridgehead atoms. The summed E-state index contributed by atoms with van der Waals surface area (Å²) in [6.07, 6.45) is 0. The van der Waals surface area contributed by atoms with Crippen molar-refractivity contribution < 1.29 is 34.1 Å². The highest BCUT2D eigenvalue weighted by Crippen LogP contribution is 2.11. The molecular formula is C13H19ClINO. The van der Waals surface area contributed by atoms with Gasteiger partial charge in [0.15, 0.2) is 0 Å². The molecule has 1 atom stereocenters. The Bertz CT molecular complexity index is 387. The molecule has 0 aliphatic rings. The molecule has 4 heteroatoms. The van der Waals surface area contributed by atoms with Gasteiger partial charge < -0.3 is 29.3 Å². The summed E-state index contributed by atoms with van der Waals surface area (Å²) in [5, 5.41) is 2.67. The number of carbonyl (C=O) groups excluding carboxylic acids is 1. The monoisotopic (exact) mass is 367 g/mol. The lowest BCUT2D eigenvalue weighted by atomic mass is 10.0. The van der Waals surface area contributed by atoms with Crippen molar-refractivity contribution in [1.82, 2.24) is 0 Å². The van der Waals surface area contributed by atoms with Crippen LogP contribution in [0, 0.1) is 0 Å². The Morgan fingerprint density at radius 1 is 1.35 bits per heavy atom. The molecule has 96 valence electrons. The van der Waals surface area contributed by atoms with E-state index in [-0.39, 0.29) is 41.3 Å². The summed E-state index contributed by atoms with van der Waals surface area (Å²) >= 11 is 5.86. The van der Waals surface area contributed by atoms with Crippen molar-refractivity contribution in [3.8, 4) is 0 Å². The maximum absolute atomic E-state index is 12.1. The number of halogens is 2. The predicted molar refractivity (Wildman–Crippen MR) is 66.9 cm³/mol. The first kappa shape index (κ1) is 16.9. The predicted octanol–water partition coefficient (Wildman–Crippen LogP) is -0.723. The van der Waals surface area contributed by atoms with Crippen LogP contribution in [0.2, 0.25) is 5.02 Å². The van der Waals surface area contributed by atoms with E-state index in [0.29, 0.717) is 10.6 Å². The first-order valence-electron chi connectivity index (χ1n) is 5.45. The minimum Gasteiger partial charge on any atom is -1.00 e. The molecule has 2 nitrogen and oxygen atoms in total. The lowest BCUT2D eigenvalue weighted by Crippen LogP contribution is -3.00. The van der Waals surface area contributed by atoms with Crippen molar-refractivity contribution in [2.75, 3.05) is 0 Å². The Hall–Kier alpha value is -0.130. The first-order valence-corrected chi connectivity index (χ1v) is 5.83. The summed E-state index contributed by atoms with van der Waals surface area (Å²) in [4.78, 5) is 12.1. The molecule has 0 aliphatic heterocycles. The molecule has 1 aromatic rings. The molecular weight excluding hydrogens is 349 g/mol. The van der Waals surface area contributed by atoms with Gasteiger partial charge in [0.2, 0.25) is 5.78 Å². The van der Waals surface area contributed by atoms with Crippen molar-refractivity contribution in [3.05, 3.63) is 34.9 Å². The van der Waals surface area contributed by atoms with Gasteiger partial charge in [0, 0.05) is 10.6 Å². The van der Waals surface area contributed by atoms with E-state index in [0.717, 1.165) is 0 Å². The van der Waals surface area contributed by atoms with Gasteiger partial charge in [-0.3, -0.25) is 4.79 Å². The van der Waals surface area contributed by atoms with Crippen LogP contribution in [-0.4, -0.2) is 17.4 Å². The Morgan fingerprint density at radius 3 is 2.41 bits per heavy atom. The fraction of sp³-hybridized carbons (Fsp3) is 0.462. The maximum atomic E-state index is 12.1. The lowest BCUT2D eigenvalue weighted by molar-refractivity contribution is -0.732. The van der Waals surface area contributed by atoms with Crippen molar-refractivity contribution in [2.45, 2.75) is 39.3 Å². The quantitative estimate of drug-likeness (QED) is 0.555. The summed E-state index contributed by atoms with van der Waals surface area (Å²) in [5.41, 5.74) is 0.730. The highest BCUT2D eigenvalue weighted by Gasteiger charge is 2.24. The van der Waals surface area contributed by atoms with Gasteiger partial charge in [-0.15, -0.1) is 0 Å². The molecule has 0 aromatic heterocycles. The minimum atomic E-state index is -0.0848. The van der Waals surface area contributed by atoms with E-state index in [1.807, 2.05) is 6.92 Å². The number of ketones is 1. The molecule has 0 unspecified atom stereocenters. The topological polar surface area (TPSA) is 33.7 Å². The molecule has 2 N–H and O–H groups in total. The smallest absolute Gasteiger partial charge is 0.219 e. The van der Waals surface area contributed by atoms with E-state index in [2.05, 4.69) is 26.1 Å². The van der Waals surface area contributed by atoms with Gasteiger partial charge in [-0.2, -0.15) is 0 Å². The molecule has 0 amide bonds. The van der Waals surface area contributed by atoms with E-state index >= 15 is 0 Å². The van der Waals surface area contributed by atoms with Crippen molar-refractivity contribution in [2.24, 2.45) is 0 Å². The first-order chi connectivity index (χ1) is 7.29. The van der Waals surface area contributed by atoms with Gasteiger partial charge in [-0.05, 0) is 39.8 Å². The fourth-order valence-corrected chi connectivity index (χ4v) is 1.92. The van der Waals surface area contributed by atoms with Crippen LogP contribution in [0.25, 0.3) is 0 Å². The second-order valence-corrected chi connectivity index (χ2v) is 5.63.